The lowest BCUT2D eigenvalue weighted by atomic mass is 9.76. The van der Waals surface area contributed by atoms with Crippen molar-refractivity contribution in [2.75, 3.05) is 13.1 Å². The highest BCUT2D eigenvalue weighted by Gasteiger charge is 2.37. The Labute approximate surface area is 170 Å². The highest BCUT2D eigenvalue weighted by Crippen LogP contribution is 2.34. The van der Waals surface area contributed by atoms with Gasteiger partial charge >= 0.3 is 0 Å². The number of aryl methyl sites for hydroxylation is 1. The van der Waals surface area contributed by atoms with Crippen LogP contribution in [0.1, 0.15) is 70.8 Å². The quantitative estimate of drug-likeness (QED) is 0.798. The van der Waals surface area contributed by atoms with Crippen LogP contribution in [0.25, 0.3) is 0 Å². The number of nitrogens with zero attached hydrogens (tertiary/aromatic N) is 2. The van der Waals surface area contributed by atoms with Gasteiger partial charge in [-0.2, -0.15) is 5.10 Å². The van der Waals surface area contributed by atoms with Gasteiger partial charge in [0.15, 0.2) is 0 Å². The Hall–Kier alpha value is -1.07. The molecule has 1 aliphatic heterocycles. The van der Waals surface area contributed by atoms with Crippen LogP contribution >= 0.6 is 12.4 Å². The molecule has 1 unspecified atom stereocenters. The normalized spacial score (nSPS) is 25.0. The van der Waals surface area contributed by atoms with E-state index in [0.717, 1.165) is 31.0 Å². The molecular formula is C21H37ClN4O. The summed E-state index contributed by atoms with van der Waals surface area (Å²) in [7, 11) is 1.93. The molecule has 0 bridgehead atoms. The van der Waals surface area contributed by atoms with Gasteiger partial charge in [-0.3, -0.25) is 9.48 Å². The maximum Gasteiger partial charge on any atom is 0.225 e. The minimum Gasteiger partial charge on any atom is -0.353 e. The molecule has 0 radical (unpaired) electrons. The van der Waals surface area contributed by atoms with E-state index in [0.29, 0.717) is 0 Å². The van der Waals surface area contributed by atoms with Crippen LogP contribution in [-0.2, 0) is 11.8 Å². The molecule has 3 atom stereocenters. The van der Waals surface area contributed by atoms with Crippen molar-refractivity contribution in [3.05, 3.63) is 18.0 Å². The van der Waals surface area contributed by atoms with E-state index in [1.54, 1.807) is 0 Å². The second-order valence-corrected chi connectivity index (χ2v) is 9.49. The minimum absolute atomic E-state index is 0. The summed E-state index contributed by atoms with van der Waals surface area (Å²) in [4.78, 5) is 13.2. The summed E-state index contributed by atoms with van der Waals surface area (Å²) >= 11 is 0. The smallest absolute Gasteiger partial charge is 0.225 e. The van der Waals surface area contributed by atoms with Crippen molar-refractivity contribution in [2.24, 2.45) is 24.3 Å². The van der Waals surface area contributed by atoms with Crippen LogP contribution in [0.3, 0.4) is 0 Å². The molecule has 6 heteroatoms. The number of aromatic nitrogens is 2. The van der Waals surface area contributed by atoms with Gasteiger partial charge in [0.05, 0.1) is 12.1 Å². The molecule has 2 N–H and O–H groups in total. The van der Waals surface area contributed by atoms with Crippen molar-refractivity contribution in [3.8, 4) is 0 Å². The molecule has 1 amide bonds. The third kappa shape index (κ3) is 5.71. The number of hydrogen-bond acceptors (Lipinski definition) is 3. The van der Waals surface area contributed by atoms with Gasteiger partial charge in [0.1, 0.15) is 0 Å². The van der Waals surface area contributed by atoms with Gasteiger partial charge in [-0.25, -0.2) is 0 Å². The Balaban J connectivity index is 0.00000261. The van der Waals surface area contributed by atoms with E-state index in [1.807, 2.05) is 24.1 Å². The van der Waals surface area contributed by atoms with Crippen LogP contribution in [0, 0.1) is 17.3 Å². The Bertz CT molecular complexity index is 604. The molecule has 154 valence electrons. The average molecular weight is 397 g/mol. The summed E-state index contributed by atoms with van der Waals surface area (Å²) in [5.74, 6) is 1.19. The SMILES string of the molecule is Cl.Cn1cc([C@H]2CNC[C@@H]2C(=O)NC(CC2CCCCC2)C(C)(C)C)cn1. The lowest BCUT2D eigenvalue weighted by Crippen LogP contribution is -2.48. The molecular weight excluding hydrogens is 360 g/mol. The summed E-state index contributed by atoms with van der Waals surface area (Å²) in [6.07, 6.45) is 11.8. The highest BCUT2D eigenvalue weighted by atomic mass is 35.5. The first-order valence-corrected chi connectivity index (χ1v) is 10.3. The van der Waals surface area contributed by atoms with Crippen LogP contribution in [0.2, 0.25) is 0 Å². The third-order valence-corrected chi connectivity index (χ3v) is 6.36. The molecule has 0 aromatic carbocycles. The van der Waals surface area contributed by atoms with Crippen molar-refractivity contribution in [3.63, 3.8) is 0 Å². The monoisotopic (exact) mass is 396 g/mol. The second kappa shape index (κ2) is 9.42. The zero-order chi connectivity index (χ0) is 18.7. The Kier molecular flexibility index (Phi) is 7.75. The first-order chi connectivity index (χ1) is 12.3. The standard InChI is InChI=1S/C21H36N4O.ClH/c1-21(2,3)19(10-15-8-6-5-7-9-15)24-20(26)18-13-22-12-17(18)16-11-23-25(4)14-16;/h11,14-15,17-19,22H,5-10,12-13H2,1-4H3,(H,24,26);1H/t17-,18+,19?;/m1./s1. The number of nitrogens with one attached hydrogen (secondary N) is 2. The number of hydrogen-bond donors (Lipinski definition) is 2. The summed E-state index contributed by atoms with van der Waals surface area (Å²) < 4.78 is 1.82. The van der Waals surface area contributed by atoms with E-state index in [1.165, 1.54) is 32.1 Å². The predicted octanol–water partition coefficient (Wildman–Crippen LogP) is 3.65. The lowest BCUT2D eigenvalue weighted by molar-refractivity contribution is -0.126. The summed E-state index contributed by atoms with van der Waals surface area (Å²) in [5, 5.41) is 11.1. The van der Waals surface area contributed by atoms with E-state index in [4.69, 9.17) is 0 Å². The zero-order valence-corrected chi connectivity index (χ0v) is 18.1. The average Bonchev–Trinajstić information content (AvgIpc) is 3.23. The summed E-state index contributed by atoms with van der Waals surface area (Å²) in [6.45, 7) is 8.38. The van der Waals surface area contributed by atoms with Crippen molar-refractivity contribution in [1.29, 1.82) is 0 Å². The van der Waals surface area contributed by atoms with Gasteiger partial charge in [0, 0.05) is 38.3 Å². The van der Waals surface area contributed by atoms with Crippen LogP contribution < -0.4 is 10.6 Å². The van der Waals surface area contributed by atoms with Gasteiger partial charge in [-0.15, -0.1) is 12.4 Å². The fourth-order valence-corrected chi connectivity index (χ4v) is 4.60. The van der Waals surface area contributed by atoms with Crippen molar-refractivity contribution >= 4 is 18.3 Å². The molecule has 5 nitrogen and oxygen atoms in total. The molecule has 2 heterocycles. The van der Waals surface area contributed by atoms with Gasteiger partial charge in [0.25, 0.3) is 0 Å². The summed E-state index contributed by atoms with van der Waals surface area (Å²) in [6, 6.07) is 0.244. The molecule has 1 saturated carbocycles. The first kappa shape index (κ1) is 22.2. The van der Waals surface area contributed by atoms with Crippen molar-refractivity contribution in [2.45, 2.75) is 71.3 Å². The topological polar surface area (TPSA) is 59.0 Å². The lowest BCUT2D eigenvalue weighted by Gasteiger charge is -2.36. The molecule has 2 fully saturated rings. The minimum atomic E-state index is -0.00425. The van der Waals surface area contributed by atoms with Crippen LogP contribution in [-0.4, -0.2) is 34.8 Å². The summed E-state index contributed by atoms with van der Waals surface area (Å²) in [5.41, 5.74) is 1.25. The van der Waals surface area contributed by atoms with Crippen LogP contribution in [0.15, 0.2) is 12.4 Å². The maximum absolute atomic E-state index is 13.2. The first-order valence-electron chi connectivity index (χ1n) is 10.3. The Morgan fingerprint density at radius 3 is 2.59 bits per heavy atom. The van der Waals surface area contributed by atoms with Crippen LogP contribution in [0.4, 0.5) is 0 Å². The predicted molar refractivity (Wildman–Crippen MR) is 112 cm³/mol. The molecule has 1 aromatic heterocycles. The second-order valence-electron chi connectivity index (χ2n) is 9.49. The molecule has 3 rings (SSSR count). The van der Waals surface area contributed by atoms with Crippen molar-refractivity contribution in [1.82, 2.24) is 20.4 Å². The Morgan fingerprint density at radius 1 is 1.30 bits per heavy atom. The molecule has 1 saturated heterocycles. The van der Waals surface area contributed by atoms with Gasteiger partial charge in [0.2, 0.25) is 5.91 Å². The fourth-order valence-electron chi connectivity index (χ4n) is 4.60. The van der Waals surface area contributed by atoms with Crippen molar-refractivity contribution < 1.29 is 4.79 Å². The largest absolute Gasteiger partial charge is 0.353 e. The number of carbonyl (C=O) groups is 1. The highest BCUT2D eigenvalue weighted by molar-refractivity contribution is 5.85. The maximum atomic E-state index is 13.2. The molecule has 1 aromatic rings. The molecule has 1 aliphatic carbocycles. The fraction of sp³-hybridized carbons (Fsp3) is 0.810. The molecule has 27 heavy (non-hydrogen) atoms. The van der Waals surface area contributed by atoms with E-state index in [9.17, 15) is 4.79 Å². The van der Waals surface area contributed by atoms with Crippen LogP contribution in [0.5, 0.6) is 0 Å². The molecule has 2 aliphatic rings. The zero-order valence-electron chi connectivity index (χ0n) is 17.3. The Morgan fingerprint density at radius 2 is 2.00 bits per heavy atom. The van der Waals surface area contributed by atoms with E-state index < -0.39 is 0 Å². The van der Waals surface area contributed by atoms with Gasteiger partial charge in [-0.05, 0) is 23.3 Å². The van der Waals surface area contributed by atoms with E-state index >= 15 is 0 Å². The molecule has 0 spiro atoms. The van der Waals surface area contributed by atoms with E-state index in [2.05, 4.69) is 36.5 Å². The van der Waals surface area contributed by atoms with Gasteiger partial charge in [-0.1, -0.05) is 52.9 Å². The number of halogens is 1. The third-order valence-electron chi connectivity index (χ3n) is 6.36. The van der Waals surface area contributed by atoms with E-state index in [-0.39, 0.29) is 41.6 Å². The number of amides is 1. The number of rotatable bonds is 5. The van der Waals surface area contributed by atoms with Gasteiger partial charge < -0.3 is 10.6 Å². The number of carbonyl (C=O) groups excluding carboxylic acids is 1.